The zero-order chi connectivity index (χ0) is 35.0. The molecule has 1 saturated heterocycles. The molecule has 1 amide bonds. The number of rotatable bonds is 13. The first-order chi connectivity index (χ1) is 24.3. The van der Waals surface area contributed by atoms with Crippen molar-refractivity contribution < 1.29 is 37.3 Å². The summed E-state index contributed by atoms with van der Waals surface area (Å²) in [5.41, 5.74) is 0.790. The molecule has 0 saturated carbocycles. The molecule has 0 bridgehead atoms. The van der Waals surface area contributed by atoms with E-state index in [1.165, 1.54) is 51.0 Å². The molecule has 0 radical (unpaired) electrons. The van der Waals surface area contributed by atoms with Gasteiger partial charge in [-0.2, -0.15) is 0 Å². The summed E-state index contributed by atoms with van der Waals surface area (Å²) in [7, 11) is 2.87. The zero-order valence-corrected chi connectivity index (χ0v) is 27.5. The molecule has 0 atom stereocenters. The van der Waals surface area contributed by atoms with Crippen LogP contribution in [0.15, 0.2) is 78.0 Å². The minimum Gasteiger partial charge on any atom is -0.496 e. The van der Waals surface area contributed by atoms with Gasteiger partial charge in [-0.15, -0.1) is 0 Å². The topological polar surface area (TPSA) is 126 Å². The highest BCUT2D eigenvalue weighted by atomic mass is 19.1. The van der Waals surface area contributed by atoms with Gasteiger partial charge in [-0.05, 0) is 42.3 Å². The third-order valence-corrected chi connectivity index (χ3v) is 8.11. The van der Waals surface area contributed by atoms with E-state index in [0.29, 0.717) is 34.6 Å². The second-order valence-electron chi connectivity index (χ2n) is 11.3. The molecule has 0 aliphatic carbocycles. The van der Waals surface area contributed by atoms with Crippen LogP contribution >= 0.6 is 0 Å². The van der Waals surface area contributed by atoms with Crippen molar-refractivity contribution in [2.24, 2.45) is 0 Å². The molecule has 0 unspecified atom stereocenters. The maximum atomic E-state index is 15.6. The predicted molar refractivity (Wildman–Crippen MR) is 180 cm³/mol. The summed E-state index contributed by atoms with van der Waals surface area (Å²) in [6.07, 6.45) is 3.36. The van der Waals surface area contributed by atoms with E-state index >= 15 is 4.39 Å². The Bertz CT molecular complexity index is 2040. The number of carbonyl (C=O) groups excluding carboxylic acids is 1. The number of nitrogens with zero attached hydrogens (tertiary/aromatic N) is 4. The van der Waals surface area contributed by atoms with E-state index in [9.17, 15) is 14.0 Å². The van der Waals surface area contributed by atoms with Gasteiger partial charge in [0.05, 0.1) is 56.2 Å². The van der Waals surface area contributed by atoms with E-state index in [1.807, 2.05) is 0 Å². The van der Waals surface area contributed by atoms with Gasteiger partial charge in [0.1, 0.15) is 17.9 Å². The van der Waals surface area contributed by atoms with Crippen molar-refractivity contribution in [1.82, 2.24) is 24.8 Å². The molecule has 5 aromatic rings. The number of hydrogen-bond donors (Lipinski definition) is 1. The molecule has 1 aliphatic rings. The van der Waals surface area contributed by atoms with E-state index in [4.69, 9.17) is 23.7 Å². The van der Waals surface area contributed by atoms with Crippen LogP contribution in [-0.2, 0) is 11.3 Å². The number of hydrogen-bond acceptors (Lipinski definition) is 10. The van der Waals surface area contributed by atoms with Gasteiger partial charge in [0.25, 0.3) is 11.5 Å². The lowest BCUT2D eigenvalue weighted by molar-refractivity contribution is 0.0357. The second kappa shape index (κ2) is 15.7. The Kier molecular flexibility index (Phi) is 10.8. The second-order valence-corrected chi connectivity index (χ2v) is 11.3. The number of methoxy groups -OCH3 is 2. The number of pyridine rings is 1. The van der Waals surface area contributed by atoms with E-state index in [1.54, 1.807) is 24.3 Å². The largest absolute Gasteiger partial charge is 0.496 e. The molecule has 3 heterocycles. The number of fused-ring (bicyclic) bond motifs is 1. The molecule has 6 rings (SSSR count). The number of carbonyl (C=O) groups is 1. The Morgan fingerprint density at radius 3 is 2.44 bits per heavy atom. The Morgan fingerprint density at radius 1 is 0.920 bits per heavy atom. The number of ether oxygens (including phenoxy) is 5. The first kappa shape index (κ1) is 34.3. The van der Waals surface area contributed by atoms with Crippen molar-refractivity contribution in [3.8, 4) is 34.6 Å². The van der Waals surface area contributed by atoms with E-state index < -0.39 is 23.1 Å². The van der Waals surface area contributed by atoms with Crippen molar-refractivity contribution in [3.05, 3.63) is 106 Å². The standard InChI is InChI=1S/C36H35F2N5O7/c1-46-31-19-34(44)43(21-27(31)35(45)39-20-23-4-6-24(37)7-5-23)25-8-9-30(28(38)16-25)50-36-26-17-33(32(47-2)18-29(26)40-22-41-36)49-13-3-10-42-11-14-48-15-12-42/h4-9,16-19,21-22H,3,10-15,20H2,1-2H3,(H,39,45). The zero-order valence-electron chi connectivity index (χ0n) is 27.5. The molecule has 14 heteroatoms. The summed E-state index contributed by atoms with van der Waals surface area (Å²) in [6.45, 7) is 4.67. The van der Waals surface area contributed by atoms with Crippen molar-refractivity contribution in [3.63, 3.8) is 0 Å². The maximum absolute atomic E-state index is 15.6. The number of benzene rings is 3. The van der Waals surface area contributed by atoms with Crippen LogP contribution < -0.4 is 29.8 Å². The third-order valence-electron chi connectivity index (χ3n) is 8.11. The van der Waals surface area contributed by atoms with Crippen molar-refractivity contribution in [1.29, 1.82) is 0 Å². The van der Waals surface area contributed by atoms with Crippen molar-refractivity contribution in [2.45, 2.75) is 13.0 Å². The highest BCUT2D eigenvalue weighted by Gasteiger charge is 2.19. The Hall–Kier alpha value is -5.60. The van der Waals surface area contributed by atoms with Crippen molar-refractivity contribution in [2.75, 3.05) is 53.7 Å². The molecular formula is C36H35F2N5O7. The molecule has 50 heavy (non-hydrogen) atoms. The van der Waals surface area contributed by atoms with Crippen LogP contribution in [0.4, 0.5) is 8.78 Å². The molecule has 3 aromatic carbocycles. The van der Waals surface area contributed by atoms with Crippen LogP contribution in [0.1, 0.15) is 22.3 Å². The summed E-state index contributed by atoms with van der Waals surface area (Å²) in [5, 5.41) is 3.20. The summed E-state index contributed by atoms with van der Waals surface area (Å²) < 4.78 is 58.2. The van der Waals surface area contributed by atoms with Gasteiger partial charge in [0.2, 0.25) is 5.88 Å². The minimum absolute atomic E-state index is 0.0380. The molecule has 12 nitrogen and oxygen atoms in total. The number of halogens is 2. The van der Waals surface area contributed by atoms with Gasteiger partial charge in [-0.3, -0.25) is 19.1 Å². The van der Waals surface area contributed by atoms with Crippen LogP contribution in [0.25, 0.3) is 16.6 Å². The van der Waals surface area contributed by atoms with Crippen LogP contribution in [0, 0.1) is 11.6 Å². The number of amides is 1. The average Bonchev–Trinajstić information content (AvgIpc) is 3.14. The lowest BCUT2D eigenvalue weighted by atomic mass is 10.2. The Morgan fingerprint density at radius 2 is 1.70 bits per heavy atom. The third kappa shape index (κ3) is 7.98. The quantitative estimate of drug-likeness (QED) is 0.171. The van der Waals surface area contributed by atoms with Crippen LogP contribution in [-0.4, -0.2) is 79.0 Å². The minimum atomic E-state index is -0.785. The molecule has 1 N–H and O–H groups in total. The van der Waals surface area contributed by atoms with Crippen molar-refractivity contribution >= 4 is 16.8 Å². The lowest BCUT2D eigenvalue weighted by Crippen LogP contribution is -2.37. The van der Waals surface area contributed by atoms with Crippen LogP contribution in [0.3, 0.4) is 0 Å². The first-order valence-corrected chi connectivity index (χ1v) is 15.9. The summed E-state index contributed by atoms with van der Waals surface area (Å²) in [6, 6.07) is 14.1. The van der Waals surface area contributed by atoms with E-state index in [0.717, 1.165) is 56.0 Å². The Labute approximate surface area is 286 Å². The Balaban J connectivity index is 1.20. The molecular weight excluding hydrogens is 652 g/mol. The molecule has 260 valence electrons. The van der Waals surface area contributed by atoms with Gasteiger partial charge in [-0.25, -0.2) is 18.7 Å². The molecule has 0 spiro atoms. The normalized spacial score (nSPS) is 13.2. The van der Waals surface area contributed by atoms with E-state index in [-0.39, 0.29) is 35.2 Å². The number of nitrogens with one attached hydrogen (secondary N) is 1. The SMILES string of the molecule is COc1cc2ncnc(Oc3ccc(-n4cc(C(=O)NCc5ccc(F)cc5)c(OC)cc4=O)cc3F)c2cc1OCCCN1CCOCC1. The number of aromatic nitrogens is 3. The maximum Gasteiger partial charge on any atom is 0.258 e. The molecule has 1 fully saturated rings. The van der Waals surface area contributed by atoms with Gasteiger partial charge in [-0.1, -0.05) is 12.1 Å². The average molecular weight is 688 g/mol. The van der Waals surface area contributed by atoms with Gasteiger partial charge in [0.15, 0.2) is 23.1 Å². The molecule has 1 aliphatic heterocycles. The fourth-order valence-corrected chi connectivity index (χ4v) is 5.45. The molecule has 2 aromatic heterocycles. The predicted octanol–water partition coefficient (Wildman–Crippen LogP) is 4.90. The van der Waals surface area contributed by atoms with Crippen LogP contribution in [0.2, 0.25) is 0 Å². The van der Waals surface area contributed by atoms with Crippen LogP contribution in [0.5, 0.6) is 28.9 Å². The van der Waals surface area contributed by atoms with Gasteiger partial charge in [0, 0.05) is 50.6 Å². The van der Waals surface area contributed by atoms with Gasteiger partial charge < -0.3 is 29.0 Å². The lowest BCUT2D eigenvalue weighted by Gasteiger charge is -2.26. The summed E-state index contributed by atoms with van der Waals surface area (Å²) in [4.78, 5) is 37.0. The first-order valence-electron chi connectivity index (χ1n) is 15.9. The van der Waals surface area contributed by atoms with E-state index in [2.05, 4.69) is 20.2 Å². The smallest absolute Gasteiger partial charge is 0.258 e. The highest BCUT2D eigenvalue weighted by molar-refractivity contribution is 5.96. The van der Waals surface area contributed by atoms with Gasteiger partial charge >= 0.3 is 0 Å². The summed E-state index contributed by atoms with van der Waals surface area (Å²) >= 11 is 0. The summed E-state index contributed by atoms with van der Waals surface area (Å²) in [5.74, 6) is -0.808. The number of morpholine rings is 1. The highest BCUT2D eigenvalue weighted by Crippen LogP contribution is 2.37. The monoisotopic (exact) mass is 687 g/mol. The fraction of sp³-hybridized carbons (Fsp3) is 0.278. The fourth-order valence-electron chi connectivity index (χ4n) is 5.45.